The van der Waals surface area contributed by atoms with Gasteiger partial charge in [-0.15, -0.1) is 0 Å². The fourth-order valence-corrected chi connectivity index (χ4v) is 5.63. The molecule has 0 heterocycles. The number of benzene rings is 3. The largest absolute Gasteiger partial charge is 0.497 e. The smallest absolute Gasteiger partial charge is 0.264 e. The van der Waals surface area contributed by atoms with Gasteiger partial charge in [0.05, 0.1) is 17.7 Å². The lowest BCUT2D eigenvalue weighted by atomic mass is 10.1. The molecule has 196 valence electrons. The van der Waals surface area contributed by atoms with Crippen LogP contribution in [0.4, 0.5) is 5.69 Å². The first-order valence-electron chi connectivity index (χ1n) is 12.0. The number of amides is 2. The highest BCUT2D eigenvalue weighted by Crippen LogP contribution is 2.27. The molecule has 0 bridgehead atoms. The van der Waals surface area contributed by atoms with Gasteiger partial charge in [-0.25, -0.2) is 8.42 Å². The number of rotatable bonds is 11. The van der Waals surface area contributed by atoms with Gasteiger partial charge in [0.1, 0.15) is 18.3 Å². The molecule has 0 aliphatic heterocycles. The average molecular weight is 524 g/mol. The number of carbonyl (C=O) groups excluding carboxylic acids is 2. The van der Waals surface area contributed by atoms with E-state index in [4.69, 9.17) is 4.74 Å². The summed E-state index contributed by atoms with van der Waals surface area (Å²) in [5.41, 5.74) is 1.85. The molecule has 2 amide bonds. The topological polar surface area (TPSA) is 96.0 Å². The SMILES string of the molecule is CC[C@H](C(=O)NC)N(Cc1cccc(OC)c1)C(=O)CN(c1ccccc1C)S(=O)(=O)c1ccccc1. The molecule has 3 rings (SSSR count). The van der Waals surface area contributed by atoms with Crippen LogP contribution in [0.15, 0.2) is 83.8 Å². The number of carbonyl (C=O) groups is 2. The van der Waals surface area contributed by atoms with Crippen LogP contribution < -0.4 is 14.4 Å². The van der Waals surface area contributed by atoms with Crippen LogP contribution >= 0.6 is 0 Å². The third kappa shape index (κ3) is 6.48. The van der Waals surface area contributed by atoms with Crippen LogP contribution in [0, 0.1) is 6.92 Å². The summed E-state index contributed by atoms with van der Waals surface area (Å²) in [5, 5.41) is 2.62. The van der Waals surface area contributed by atoms with E-state index in [-0.39, 0.29) is 17.3 Å². The van der Waals surface area contributed by atoms with E-state index in [1.165, 1.54) is 24.1 Å². The lowest BCUT2D eigenvalue weighted by Crippen LogP contribution is -2.51. The van der Waals surface area contributed by atoms with Crippen molar-refractivity contribution in [2.45, 2.75) is 37.8 Å². The number of ether oxygens (including phenoxy) is 1. The number of anilines is 1. The Labute approximate surface area is 218 Å². The standard InChI is InChI=1S/C28H33N3O5S/c1-5-25(28(33)29-3)30(19-22-13-11-14-23(18-22)36-4)27(32)20-31(26-17-10-9-12-21(26)2)37(34,35)24-15-7-6-8-16-24/h6-18,25H,5,19-20H2,1-4H3,(H,29,33)/t25-/m1/s1. The van der Waals surface area contributed by atoms with Gasteiger partial charge >= 0.3 is 0 Å². The van der Waals surface area contributed by atoms with Gasteiger partial charge in [-0.1, -0.05) is 55.5 Å². The molecular weight excluding hydrogens is 490 g/mol. The Hall–Kier alpha value is -3.85. The normalized spacial score (nSPS) is 11.9. The number of hydrogen-bond donors (Lipinski definition) is 1. The highest BCUT2D eigenvalue weighted by Gasteiger charge is 2.33. The van der Waals surface area contributed by atoms with Crippen LogP contribution in [0.2, 0.25) is 0 Å². The predicted octanol–water partition coefficient (Wildman–Crippen LogP) is 3.75. The summed E-state index contributed by atoms with van der Waals surface area (Å²) < 4.78 is 34.0. The lowest BCUT2D eigenvalue weighted by molar-refractivity contribution is -0.140. The van der Waals surface area contributed by atoms with Crippen LogP contribution in [0.25, 0.3) is 0 Å². The van der Waals surface area contributed by atoms with Crippen molar-refractivity contribution in [1.82, 2.24) is 10.2 Å². The number of hydrogen-bond acceptors (Lipinski definition) is 5. The monoisotopic (exact) mass is 523 g/mol. The Morgan fingerprint density at radius 1 is 0.973 bits per heavy atom. The minimum Gasteiger partial charge on any atom is -0.497 e. The summed E-state index contributed by atoms with van der Waals surface area (Å²) in [4.78, 5) is 28.2. The summed E-state index contributed by atoms with van der Waals surface area (Å²) in [6.07, 6.45) is 0.352. The predicted molar refractivity (Wildman–Crippen MR) is 144 cm³/mol. The van der Waals surface area contributed by atoms with Gasteiger partial charge in [0, 0.05) is 13.6 Å². The average Bonchev–Trinajstić information content (AvgIpc) is 2.92. The van der Waals surface area contributed by atoms with Crippen molar-refractivity contribution in [1.29, 1.82) is 0 Å². The first-order valence-corrected chi connectivity index (χ1v) is 13.4. The maximum absolute atomic E-state index is 13.9. The Morgan fingerprint density at radius 2 is 1.65 bits per heavy atom. The van der Waals surface area contributed by atoms with Crippen LogP contribution in [0.5, 0.6) is 5.75 Å². The van der Waals surface area contributed by atoms with E-state index in [1.807, 2.05) is 19.1 Å². The highest BCUT2D eigenvalue weighted by atomic mass is 32.2. The molecule has 0 aliphatic carbocycles. The number of nitrogens with zero attached hydrogens (tertiary/aromatic N) is 2. The van der Waals surface area contributed by atoms with E-state index in [0.717, 1.165) is 9.87 Å². The van der Waals surface area contributed by atoms with Crippen molar-refractivity contribution in [3.05, 3.63) is 90.0 Å². The van der Waals surface area contributed by atoms with Gasteiger partial charge in [-0.3, -0.25) is 13.9 Å². The summed E-state index contributed by atoms with van der Waals surface area (Å²) in [6, 6.07) is 21.4. The number of likely N-dealkylation sites (N-methyl/N-ethyl adjacent to an activating group) is 1. The zero-order valence-corrected chi connectivity index (χ0v) is 22.4. The first-order chi connectivity index (χ1) is 17.7. The van der Waals surface area contributed by atoms with Gasteiger partial charge in [-0.05, 0) is 54.8 Å². The Bertz CT molecular complexity index is 1330. The van der Waals surface area contributed by atoms with Crippen molar-refractivity contribution in [2.75, 3.05) is 25.0 Å². The third-order valence-electron chi connectivity index (χ3n) is 6.11. The van der Waals surface area contributed by atoms with E-state index < -0.39 is 28.5 Å². The second-order valence-electron chi connectivity index (χ2n) is 8.52. The first kappa shape index (κ1) is 27.7. The van der Waals surface area contributed by atoms with Crippen LogP contribution in [-0.4, -0.2) is 51.9 Å². The zero-order valence-electron chi connectivity index (χ0n) is 21.5. The number of methoxy groups -OCH3 is 1. The third-order valence-corrected chi connectivity index (χ3v) is 7.89. The van der Waals surface area contributed by atoms with Gasteiger partial charge in [0.25, 0.3) is 10.0 Å². The molecule has 0 unspecified atom stereocenters. The summed E-state index contributed by atoms with van der Waals surface area (Å²) in [7, 11) is -1.02. The minimum absolute atomic E-state index is 0.0729. The van der Waals surface area contributed by atoms with Gasteiger partial charge < -0.3 is 15.0 Å². The van der Waals surface area contributed by atoms with Gasteiger partial charge in [-0.2, -0.15) is 0 Å². The van der Waals surface area contributed by atoms with Crippen molar-refractivity contribution < 1.29 is 22.7 Å². The summed E-state index contributed by atoms with van der Waals surface area (Å²) in [5.74, 6) is -0.209. The maximum atomic E-state index is 13.9. The number of nitrogens with one attached hydrogen (secondary N) is 1. The molecule has 0 aromatic heterocycles. The van der Waals surface area contributed by atoms with Gasteiger partial charge in [0.2, 0.25) is 11.8 Å². The zero-order chi connectivity index (χ0) is 27.0. The lowest BCUT2D eigenvalue weighted by Gasteiger charge is -2.33. The van der Waals surface area contributed by atoms with E-state index >= 15 is 0 Å². The molecule has 37 heavy (non-hydrogen) atoms. The number of aryl methyl sites for hydroxylation is 1. The molecule has 0 spiro atoms. The molecule has 0 fully saturated rings. The molecule has 0 saturated carbocycles. The van der Waals surface area contributed by atoms with E-state index in [2.05, 4.69) is 5.32 Å². The molecule has 8 nitrogen and oxygen atoms in total. The number of sulfonamides is 1. The fourth-order valence-electron chi connectivity index (χ4n) is 4.13. The molecule has 1 atom stereocenters. The molecule has 1 N–H and O–H groups in total. The fraction of sp³-hybridized carbons (Fsp3) is 0.286. The number of para-hydroxylation sites is 1. The highest BCUT2D eigenvalue weighted by molar-refractivity contribution is 7.92. The van der Waals surface area contributed by atoms with Crippen LogP contribution in [0.1, 0.15) is 24.5 Å². The van der Waals surface area contributed by atoms with Crippen molar-refractivity contribution >= 4 is 27.5 Å². The summed E-state index contributed by atoms with van der Waals surface area (Å²) >= 11 is 0. The Kier molecular flexibility index (Phi) is 9.30. The second kappa shape index (κ2) is 12.4. The van der Waals surface area contributed by atoms with E-state index in [9.17, 15) is 18.0 Å². The minimum atomic E-state index is -4.08. The molecule has 3 aromatic carbocycles. The van der Waals surface area contributed by atoms with Crippen LogP contribution in [0.3, 0.4) is 0 Å². The van der Waals surface area contributed by atoms with Gasteiger partial charge in [0.15, 0.2) is 0 Å². The van der Waals surface area contributed by atoms with E-state index in [1.54, 1.807) is 68.6 Å². The van der Waals surface area contributed by atoms with E-state index in [0.29, 0.717) is 23.4 Å². The molecule has 0 radical (unpaired) electrons. The maximum Gasteiger partial charge on any atom is 0.264 e. The van der Waals surface area contributed by atoms with Crippen LogP contribution in [-0.2, 0) is 26.2 Å². The van der Waals surface area contributed by atoms with Crippen molar-refractivity contribution in [3.63, 3.8) is 0 Å². The van der Waals surface area contributed by atoms with Crippen molar-refractivity contribution in [3.8, 4) is 5.75 Å². The Morgan fingerprint density at radius 3 is 2.27 bits per heavy atom. The molecule has 0 saturated heterocycles. The molecule has 3 aromatic rings. The quantitative estimate of drug-likeness (QED) is 0.413. The summed E-state index contributed by atoms with van der Waals surface area (Å²) in [6.45, 7) is 3.24. The molecule has 9 heteroatoms. The Balaban J connectivity index is 2.06. The van der Waals surface area contributed by atoms with Crippen molar-refractivity contribution in [2.24, 2.45) is 0 Å². The second-order valence-corrected chi connectivity index (χ2v) is 10.4. The molecular formula is C28H33N3O5S. The molecule has 0 aliphatic rings.